The fraction of sp³-hybridized carbons (Fsp3) is 0.200. The maximum atomic E-state index is 12.9. The molecule has 1 N–H and O–H groups in total. The lowest BCUT2D eigenvalue weighted by molar-refractivity contribution is -0.141. The third-order valence-corrected chi connectivity index (χ3v) is 5.94. The molecule has 0 spiro atoms. The van der Waals surface area contributed by atoms with E-state index in [-0.39, 0.29) is 24.6 Å². The maximum absolute atomic E-state index is 12.9. The number of nitrogens with zero attached hydrogens (tertiary/aromatic N) is 2. The van der Waals surface area contributed by atoms with Gasteiger partial charge >= 0.3 is 6.18 Å². The second-order valence-electron chi connectivity index (χ2n) is 6.32. The molecule has 0 saturated heterocycles. The molecule has 0 atom stereocenters. The summed E-state index contributed by atoms with van der Waals surface area (Å²) in [4.78, 5) is 14.2. The minimum atomic E-state index is -4.65. The van der Waals surface area contributed by atoms with Crippen molar-refractivity contribution in [2.24, 2.45) is 0 Å². The molecule has 0 radical (unpaired) electrons. The van der Waals surface area contributed by atoms with Gasteiger partial charge in [-0.25, -0.2) is 0 Å². The molecular weight excluding hydrogens is 458 g/mol. The molecular formula is C20H16Cl2F3N3OS. The van der Waals surface area contributed by atoms with E-state index >= 15 is 0 Å². The summed E-state index contributed by atoms with van der Waals surface area (Å²) in [5.41, 5.74) is -0.379. The number of hydrogen-bond acceptors (Lipinski definition) is 3. The Kier molecular flexibility index (Phi) is 7.00. The molecule has 0 saturated carbocycles. The van der Waals surface area contributed by atoms with E-state index in [2.05, 4.69) is 10.4 Å². The van der Waals surface area contributed by atoms with Gasteiger partial charge in [0, 0.05) is 21.2 Å². The Bertz CT molecular complexity index is 1050. The van der Waals surface area contributed by atoms with Gasteiger partial charge in [-0.05, 0) is 43.3 Å². The first kappa shape index (κ1) is 22.5. The monoisotopic (exact) mass is 473 g/mol. The lowest BCUT2D eigenvalue weighted by Gasteiger charge is -2.11. The van der Waals surface area contributed by atoms with E-state index in [1.54, 1.807) is 24.3 Å². The van der Waals surface area contributed by atoms with Gasteiger partial charge in [-0.2, -0.15) is 18.3 Å². The zero-order valence-electron chi connectivity index (χ0n) is 15.6. The summed E-state index contributed by atoms with van der Waals surface area (Å²) in [6.45, 7) is 1.40. The number of hydrogen-bond donors (Lipinski definition) is 1. The molecule has 0 aliphatic carbocycles. The number of aromatic nitrogens is 2. The number of para-hydroxylation sites is 1. The number of carbonyl (C=O) groups is 1. The largest absolute Gasteiger partial charge is 0.436 e. The smallest absolute Gasteiger partial charge is 0.325 e. The lowest BCUT2D eigenvalue weighted by atomic mass is 10.3. The average Bonchev–Trinajstić information content (AvgIpc) is 2.98. The van der Waals surface area contributed by atoms with E-state index in [0.29, 0.717) is 10.7 Å². The Hall–Kier alpha value is -2.16. The number of aryl methyl sites for hydroxylation is 1. The second-order valence-corrected chi connectivity index (χ2v) is 8.25. The van der Waals surface area contributed by atoms with Gasteiger partial charge in [-0.15, -0.1) is 0 Å². The molecule has 1 amide bonds. The van der Waals surface area contributed by atoms with Gasteiger partial charge in [0.05, 0.1) is 22.9 Å². The van der Waals surface area contributed by atoms with Gasteiger partial charge in [0.25, 0.3) is 0 Å². The van der Waals surface area contributed by atoms with Crippen molar-refractivity contribution in [3.8, 4) is 0 Å². The minimum Gasteiger partial charge on any atom is -0.325 e. The van der Waals surface area contributed by atoms with Gasteiger partial charge in [0.2, 0.25) is 5.91 Å². The standard InChI is InChI=1S/C20H16Cl2F3N3OS/c1-12-18(22)19(20(23,24)25)27-28(12)11-10-17(29)26-15-4-2-3-5-16(15)30-14-8-6-13(21)7-9-14/h2-9H,10-11H2,1H3,(H,26,29). The molecule has 4 nitrogen and oxygen atoms in total. The Morgan fingerprint density at radius 1 is 1.13 bits per heavy atom. The Labute approximate surface area is 185 Å². The highest BCUT2D eigenvalue weighted by Crippen LogP contribution is 2.36. The number of rotatable bonds is 6. The average molecular weight is 474 g/mol. The number of halogens is 5. The fourth-order valence-electron chi connectivity index (χ4n) is 2.63. The second kappa shape index (κ2) is 9.32. The van der Waals surface area contributed by atoms with Gasteiger partial charge in [0.1, 0.15) is 0 Å². The van der Waals surface area contributed by atoms with Crippen molar-refractivity contribution in [1.82, 2.24) is 9.78 Å². The summed E-state index contributed by atoms with van der Waals surface area (Å²) in [6, 6.07) is 14.5. The highest BCUT2D eigenvalue weighted by atomic mass is 35.5. The number of nitrogens with one attached hydrogen (secondary N) is 1. The molecule has 0 aliphatic heterocycles. The van der Waals surface area contributed by atoms with Gasteiger partial charge in [-0.3, -0.25) is 9.48 Å². The van der Waals surface area contributed by atoms with Crippen molar-refractivity contribution in [3.63, 3.8) is 0 Å². The number of anilines is 1. The maximum Gasteiger partial charge on any atom is 0.436 e. The van der Waals surface area contributed by atoms with Crippen LogP contribution in [-0.2, 0) is 17.5 Å². The van der Waals surface area contributed by atoms with Gasteiger partial charge in [0.15, 0.2) is 5.69 Å². The fourth-order valence-corrected chi connectivity index (χ4v) is 3.90. The lowest BCUT2D eigenvalue weighted by Crippen LogP contribution is -2.16. The van der Waals surface area contributed by atoms with Crippen LogP contribution in [0, 0.1) is 6.92 Å². The molecule has 0 aliphatic rings. The third-order valence-electron chi connectivity index (χ3n) is 4.16. The Balaban J connectivity index is 1.67. The Morgan fingerprint density at radius 2 is 1.80 bits per heavy atom. The molecule has 3 aromatic rings. The normalized spacial score (nSPS) is 11.5. The molecule has 3 rings (SSSR count). The highest BCUT2D eigenvalue weighted by Gasteiger charge is 2.38. The topological polar surface area (TPSA) is 46.9 Å². The molecule has 1 heterocycles. The molecule has 0 fully saturated rings. The predicted octanol–water partition coefficient (Wildman–Crippen LogP) is 6.70. The van der Waals surface area contributed by atoms with Crippen molar-refractivity contribution < 1.29 is 18.0 Å². The first-order chi connectivity index (χ1) is 14.1. The number of alkyl halides is 3. The first-order valence-corrected chi connectivity index (χ1v) is 10.3. The zero-order chi connectivity index (χ0) is 21.9. The van der Waals surface area contributed by atoms with Crippen LogP contribution in [0.15, 0.2) is 58.3 Å². The molecule has 158 valence electrons. The third kappa shape index (κ3) is 5.50. The number of benzene rings is 2. The molecule has 30 heavy (non-hydrogen) atoms. The summed E-state index contributed by atoms with van der Waals surface area (Å²) >= 11 is 13.1. The molecule has 0 unspecified atom stereocenters. The molecule has 10 heteroatoms. The van der Waals surface area contributed by atoms with E-state index in [4.69, 9.17) is 23.2 Å². The van der Waals surface area contributed by atoms with Crippen LogP contribution in [0.3, 0.4) is 0 Å². The van der Waals surface area contributed by atoms with E-state index in [1.165, 1.54) is 18.7 Å². The van der Waals surface area contributed by atoms with Crippen LogP contribution in [0.4, 0.5) is 18.9 Å². The van der Waals surface area contributed by atoms with Crippen LogP contribution < -0.4 is 5.32 Å². The van der Waals surface area contributed by atoms with Crippen molar-refractivity contribution in [3.05, 3.63) is 70.0 Å². The molecule has 0 bridgehead atoms. The van der Waals surface area contributed by atoms with Crippen LogP contribution in [0.5, 0.6) is 0 Å². The highest BCUT2D eigenvalue weighted by molar-refractivity contribution is 7.99. The summed E-state index contributed by atoms with van der Waals surface area (Å²) in [5.74, 6) is -0.348. The van der Waals surface area contributed by atoms with Gasteiger partial charge < -0.3 is 5.32 Å². The van der Waals surface area contributed by atoms with Crippen molar-refractivity contribution >= 4 is 46.6 Å². The number of carbonyl (C=O) groups excluding carboxylic acids is 1. The van der Waals surface area contributed by atoms with Crippen LogP contribution in [0.2, 0.25) is 10.0 Å². The van der Waals surface area contributed by atoms with Crippen LogP contribution >= 0.6 is 35.0 Å². The summed E-state index contributed by atoms with van der Waals surface area (Å²) < 4.78 is 39.9. The van der Waals surface area contributed by atoms with E-state index in [0.717, 1.165) is 14.5 Å². The van der Waals surface area contributed by atoms with E-state index in [9.17, 15) is 18.0 Å². The molecule has 2 aromatic carbocycles. The quantitative estimate of drug-likeness (QED) is 0.433. The molecule has 1 aromatic heterocycles. The zero-order valence-corrected chi connectivity index (χ0v) is 18.0. The van der Waals surface area contributed by atoms with Crippen LogP contribution in [0.1, 0.15) is 17.8 Å². The summed E-state index contributed by atoms with van der Waals surface area (Å²) in [6.07, 6.45) is -4.71. The van der Waals surface area contributed by atoms with E-state index < -0.39 is 16.9 Å². The van der Waals surface area contributed by atoms with Crippen LogP contribution in [0.25, 0.3) is 0 Å². The summed E-state index contributed by atoms with van der Waals surface area (Å²) in [5, 5.41) is 6.48. The van der Waals surface area contributed by atoms with Crippen LogP contribution in [-0.4, -0.2) is 15.7 Å². The van der Waals surface area contributed by atoms with Crippen molar-refractivity contribution in [1.29, 1.82) is 0 Å². The van der Waals surface area contributed by atoms with Crippen molar-refractivity contribution in [2.45, 2.75) is 35.9 Å². The van der Waals surface area contributed by atoms with E-state index in [1.807, 2.05) is 24.3 Å². The summed E-state index contributed by atoms with van der Waals surface area (Å²) in [7, 11) is 0. The number of amides is 1. The minimum absolute atomic E-state index is 0.0278. The Morgan fingerprint density at radius 3 is 2.43 bits per heavy atom. The van der Waals surface area contributed by atoms with Crippen molar-refractivity contribution in [2.75, 3.05) is 5.32 Å². The van der Waals surface area contributed by atoms with Gasteiger partial charge in [-0.1, -0.05) is 47.1 Å². The first-order valence-electron chi connectivity index (χ1n) is 8.77. The predicted molar refractivity (Wildman–Crippen MR) is 112 cm³/mol. The SMILES string of the molecule is Cc1c(Cl)c(C(F)(F)F)nn1CCC(=O)Nc1ccccc1Sc1ccc(Cl)cc1.